The molecular formula is C37H44N4O6. The molecule has 0 radical (unpaired) electrons. The van der Waals surface area contributed by atoms with Crippen LogP contribution in [0.1, 0.15) is 61.8 Å². The molecule has 3 aromatic carbocycles. The Balaban J connectivity index is 1.21. The van der Waals surface area contributed by atoms with Crippen molar-refractivity contribution in [1.82, 2.24) is 15.6 Å². The van der Waals surface area contributed by atoms with Gasteiger partial charge in [-0.2, -0.15) is 0 Å². The number of H-pyrrole nitrogens is 1. The molecule has 47 heavy (non-hydrogen) atoms. The van der Waals surface area contributed by atoms with Gasteiger partial charge in [-0.3, -0.25) is 14.4 Å². The van der Waals surface area contributed by atoms with Gasteiger partial charge < -0.3 is 35.1 Å². The summed E-state index contributed by atoms with van der Waals surface area (Å²) in [6.07, 6.45) is 6.91. The van der Waals surface area contributed by atoms with E-state index in [0.29, 0.717) is 55.3 Å². The summed E-state index contributed by atoms with van der Waals surface area (Å²) in [4.78, 5) is 41.3. The molecule has 248 valence electrons. The highest BCUT2D eigenvalue weighted by atomic mass is 16.5. The van der Waals surface area contributed by atoms with Crippen molar-refractivity contribution < 1.29 is 23.8 Å². The molecule has 0 spiro atoms. The first-order valence-electron chi connectivity index (χ1n) is 16.2. The van der Waals surface area contributed by atoms with Crippen LogP contribution in [-0.4, -0.2) is 51.2 Å². The zero-order valence-electron chi connectivity index (χ0n) is 27.6. The highest BCUT2D eigenvalue weighted by Gasteiger charge is 2.29. The van der Waals surface area contributed by atoms with E-state index in [0.717, 1.165) is 53.5 Å². The number of ether oxygens (including phenoxy) is 3. The van der Waals surface area contributed by atoms with Gasteiger partial charge in [0, 0.05) is 49.1 Å². The fraction of sp³-hybridized carbons (Fsp3) is 0.378. The van der Waals surface area contributed by atoms with Crippen LogP contribution in [0.2, 0.25) is 0 Å². The van der Waals surface area contributed by atoms with Gasteiger partial charge in [0.05, 0.1) is 33.1 Å². The van der Waals surface area contributed by atoms with Crippen molar-refractivity contribution in [3.05, 3.63) is 81.6 Å². The molecule has 0 fully saturated rings. The zero-order chi connectivity index (χ0) is 33.3. The van der Waals surface area contributed by atoms with Crippen molar-refractivity contribution in [3.63, 3.8) is 0 Å². The topological polar surface area (TPSA) is 131 Å². The molecule has 0 aliphatic heterocycles. The van der Waals surface area contributed by atoms with Gasteiger partial charge in [0.25, 0.3) is 0 Å². The first-order valence-corrected chi connectivity index (χ1v) is 16.2. The van der Waals surface area contributed by atoms with Crippen molar-refractivity contribution in [1.29, 1.82) is 0 Å². The summed E-state index contributed by atoms with van der Waals surface area (Å²) in [5.74, 6) is 1.41. The number of methoxy groups -OCH3 is 3. The normalized spacial score (nSPS) is 13.6. The van der Waals surface area contributed by atoms with E-state index in [1.165, 1.54) is 17.9 Å². The number of unbranched alkanes of at least 4 members (excludes halogenated alkanes) is 2. The molecule has 5 rings (SSSR count). The summed E-state index contributed by atoms with van der Waals surface area (Å²) in [5, 5.41) is 10.5. The number of rotatable bonds is 14. The fourth-order valence-electron chi connectivity index (χ4n) is 6.43. The fourth-order valence-corrected chi connectivity index (χ4v) is 6.43. The molecule has 4 N–H and O–H groups in total. The molecule has 1 aromatic heterocycles. The Morgan fingerprint density at radius 3 is 2.51 bits per heavy atom. The van der Waals surface area contributed by atoms with Gasteiger partial charge in [-0.25, -0.2) is 0 Å². The molecule has 0 unspecified atom stereocenters. The Kier molecular flexibility index (Phi) is 11.0. The Morgan fingerprint density at radius 1 is 0.936 bits per heavy atom. The maximum atomic E-state index is 13.5. The minimum absolute atomic E-state index is 0.0508. The smallest absolute Gasteiger partial charge is 0.220 e. The third kappa shape index (κ3) is 7.70. The second kappa shape index (κ2) is 15.5. The summed E-state index contributed by atoms with van der Waals surface area (Å²) >= 11 is 0. The van der Waals surface area contributed by atoms with Crippen LogP contribution in [0.3, 0.4) is 0 Å². The lowest BCUT2D eigenvalue weighted by Crippen LogP contribution is -2.26. The van der Waals surface area contributed by atoms with E-state index in [2.05, 4.69) is 27.0 Å². The number of anilines is 1. The van der Waals surface area contributed by atoms with E-state index in [9.17, 15) is 14.4 Å². The monoisotopic (exact) mass is 640 g/mol. The Bertz CT molecular complexity index is 1800. The highest BCUT2D eigenvalue weighted by Crippen LogP contribution is 2.50. The lowest BCUT2D eigenvalue weighted by atomic mass is 9.95. The average Bonchev–Trinajstić information content (AvgIpc) is 3.33. The number of hydrogen-bond acceptors (Lipinski definition) is 7. The van der Waals surface area contributed by atoms with Gasteiger partial charge in [0.1, 0.15) is 0 Å². The number of carbonyl (C=O) groups is 2. The van der Waals surface area contributed by atoms with Gasteiger partial charge >= 0.3 is 0 Å². The van der Waals surface area contributed by atoms with Crippen molar-refractivity contribution in [2.24, 2.45) is 0 Å². The quantitative estimate of drug-likeness (QED) is 0.131. The van der Waals surface area contributed by atoms with Crippen molar-refractivity contribution in [3.8, 4) is 28.4 Å². The predicted molar refractivity (Wildman–Crippen MR) is 185 cm³/mol. The lowest BCUT2D eigenvalue weighted by molar-refractivity contribution is -0.121. The number of nitrogens with one attached hydrogen (secondary N) is 4. The van der Waals surface area contributed by atoms with E-state index in [1.54, 1.807) is 33.5 Å². The standard InChI is InChI=1S/C37H44N4O6/c1-23(42)41-30-15-13-24-20-33(45-2)36(46-3)37(47-4)35(24)27-14-16-31(32(43)21-28(27)30)38-18-9-5-6-12-34(44)39-19-17-25-22-40-29-11-8-7-10-26(25)29/h7-8,10-11,14,16,20-22,30,40H,5-6,9,12-13,15,17-19H2,1-4H3,(H,38,43)(H,39,44)(H,41,42)/t30-/m0/s1. The SMILES string of the molecule is COc1cc2c(c(OC)c1OC)-c1ccc(NCCCCCC(=O)NCCc3c[nH]c4ccccc34)c(=O)cc1[C@@H](NC(C)=O)CC2. The van der Waals surface area contributed by atoms with Gasteiger partial charge in [-0.1, -0.05) is 30.7 Å². The maximum absolute atomic E-state index is 13.5. The second-order valence-electron chi connectivity index (χ2n) is 11.8. The highest BCUT2D eigenvalue weighted by molar-refractivity contribution is 5.84. The minimum Gasteiger partial charge on any atom is -0.493 e. The molecule has 2 amide bonds. The third-order valence-electron chi connectivity index (χ3n) is 8.70. The van der Waals surface area contributed by atoms with Crippen molar-refractivity contribution >= 4 is 28.4 Å². The van der Waals surface area contributed by atoms with Crippen LogP contribution in [-0.2, 0) is 22.4 Å². The summed E-state index contributed by atoms with van der Waals surface area (Å²) in [5.41, 5.74) is 5.90. The summed E-state index contributed by atoms with van der Waals surface area (Å²) in [7, 11) is 4.72. The number of amides is 2. The summed E-state index contributed by atoms with van der Waals surface area (Å²) in [6.45, 7) is 2.67. The molecule has 1 atom stereocenters. The zero-order valence-corrected chi connectivity index (χ0v) is 27.6. The molecular weight excluding hydrogens is 596 g/mol. The van der Waals surface area contributed by atoms with Crippen LogP contribution in [0.25, 0.3) is 22.0 Å². The van der Waals surface area contributed by atoms with Crippen molar-refractivity contribution in [2.75, 3.05) is 39.7 Å². The third-order valence-corrected chi connectivity index (χ3v) is 8.70. The molecule has 1 heterocycles. The number of aryl methyl sites for hydroxylation is 1. The molecule has 10 heteroatoms. The number of benzene rings is 2. The summed E-state index contributed by atoms with van der Waals surface area (Å²) < 4.78 is 17.1. The molecule has 0 bridgehead atoms. The van der Waals surface area contributed by atoms with E-state index >= 15 is 0 Å². The van der Waals surface area contributed by atoms with Crippen LogP contribution in [0.4, 0.5) is 5.69 Å². The average molecular weight is 641 g/mol. The van der Waals surface area contributed by atoms with Gasteiger partial charge in [0.2, 0.25) is 23.0 Å². The molecule has 1 aliphatic carbocycles. The number of hydrogen-bond donors (Lipinski definition) is 4. The van der Waals surface area contributed by atoms with Gasteiger partial charge in [-0.05, 0) is 78.6 Å². The maximum Gasteiger partial charge on any atom is 0.220 e. The Hall–Kier alpha value is -4.99. The van der Waals surface area contributed by atoms with E-state index < -0.39 is 0 Å². The molecule has 0 saturated carbocycles. The van der Waals surface area contributed by atoms with Crippen LogP contribution < -0.4 is 35.6 Å². The molecule has 4 aromatic rings. The number of aromatic amines is 1. The van der Waals surface area contributed by atoms with Gasteiger partial charge in [-0.15, -0.1) is 0 Å². The summed E-state index contributed by atoms with van der Waals surface area (Å²) in [6, 6.07) is 15.0. The van der Waals surface area contributed by atoms with E-state index in [4.69, 9.17) is 14.2 Å². The largest absolute Gasteiger partial charge is 0.493 e. The van der Waals surface area contributed by atoms with E-state index in [-0.39, 0.29) is 23.3 Å². The Labute approximate surface area is 275 Å². The number of fused-ring (bicyclic) bond motifs is 4. The Morgan fingerprint density at radius 2 is 1.74 bits per heavy atom. The van der Waals surface area contributed by atoms with Crippen LogP contribution >= 0.6 is 0 Å². The van der Waals surface area contributed by atoms with Crippen LogP contribution in [0.5, 0.6) is 17.2 Å². The molecule has 10 nitrogen and oxygen atoms in total. The lowest BCUT2D eigenvalue weighted by Gasteiger charge is -2.19. The number of aromatic nitrogens is 1. The van der Waals surface area contributed by atoms with Crippen LogP contribution in [0.15, 0.2) is 59.5 Å². The first-order chi connectivity index (χ1) is 22.8. The first kappa shape index (κ1) is 33.4. The molecule has 0 saturated heterocycles. The number of carbonyl (C=O) groups excluding carboxylic acids is 2. The van der Waals surface area contributed by atoms with Crippen molar-refractivity contribution in [2.45, 2.75) is 57.9 Å². The number of para-hydroxylation sites is 1. The van der Waals surface area contributed by atoms with Crippen LogP contribution in [0, 0.1) is 0 Å². The molecule has 1 aliphatic rings. The minimum atomic E-state index is -0.363. The van der Waals surface area contributed by atoms with Gasteiger partial charge in [0.15, 0.2) is 11.5 Å². The predicted octanol–water partition coefficient (Wildman–Crippen LogP) is 5.68. The van der Waals surface area contributed by atoms with E-state index in [1.807, 2.05) is 36.5 Å². The second-order valence-corrected chi connectivity index (χ2v) is 11.8.